The quantitative estimate of drug-likeness (QED) is 0.0839. The lowest BCUT2D eigenvalue weighted by atomic mass is 9.87. The van der Waals surface area contributed by atoms with Gasteiger partial charge in [-0.15, -0.1) is 0 Å². The Labute approximate surface area is 355 Å². The highest BCUT2D eigenvalue weighted by molar-refractivity contribution is 6.99. The summed E-state index contributed by atoms with van der Waals surface area (Å²) in [5.41, 5.74) is -0.0796. The van der Waals surface area contributed by atoms with E-state index in [1.807, 2.05) is 81.4 Å². The van der Waals surface area contributed by atoms with E-state index in [1.165, 1.54) is 28.0 Å². The van der Waals surface area contributed by atoms with Gasteiger partial charge in [-0.05, 0) is 91.8 Å². The number of rotatable bonds is 15. The molecule has 1 amide bonds. The maximum Gasteiger partial charge on any atom is 0.410 e. The van der Waals surface area contributed by atoms with Crippen LogP contribution in [0.1, 0.15) is 77.7 Å². The number of fused-ring (bicyclic) bond motifs is 3. The molecule has 0 unspecified atom stereocenters. The zero-order valence-corrected chi connectivity index (χ0v) is 36.8. The van der Waals surface area contributed by atoms with Gasteiger partial charge in [0.25, 0.3) is 14.2 Å². The minimum atomic E-state index is -3.54. The number of amides is 1. The van der Waals surface area contributed by atoms with Crippen LogP contribution in [-0.2, 0) is 15.6 Å². The molecular weight excluding hydrogens is 813 g/mol. The molecule has 2 atom stereocenters. The monoisotopic (exact) mass is 867 g/mol. The maximum absolute atomic E-state index is 17.0. The van der Waals surface area contributed by atoms with Crippen molar-refractivity contribution >= 4 is 35.7 Å². The molecule has 0 bridgehead atoms. The number of halogens is 6. The first-order valence-electron chi connectivity index (χ1n) is 20.6. The SMILES string of the molecule is C[C@@H]1Cc2c([nH]c3ccc(F)cc23)[C@@H](c2c(F)ccc(OCCN(CCCF)C(=O)OC(C)(C)C)c2F)N1CC(F)(F)CO[Si](c1ccccc1)(c1ccccc1)C(C)(C)C. The van der Waals surface area contributed by atoms with Gasteiger partial charge in [0.2, 0.25) is 0 Å². The van der Waals surface area contributed by atoms with Crippen LogP contribution < -0.4 is 15.1 Å². The minimum Gasteiger partial charge on any atom is -0.489 e. The highest BCUT2D eigenvalue weighted by Gasteiger charge is 2.53. The first kappa shape index (κ1) is 45.7. The van der Waals surface area contributed by atoms with Gasteiger partial charge in [-0.3, -0.25) is 9.29 Å². The number of hydrogen-bond donors (Lipinski definition) is 1. The molecule has 1 aromatic heterocycles. The molecule has 14 heteroatoms. The number of ether oxygens (including phenoxy) is 2. The van der Waals surface area contributed by atoms with Crippen LogP contribution in [0.4, 0.5) is 31.1 Å². The van der Waals surface area contributed by atoms with Crippen molar-refractivity contribution in [3.63, 3.8) is 0 Å². The highest BCUT2D eigenvalue weighted by atomic mass is 28.4. The van der Waals surface area contributed by atoms with Crippen molar-refractivity contribution in [3.05, 3.63) is 125 Å². The number of H-pyrrole nitrogens is 1. The smallest absolute Gasteiger partial charge is 0.410 e. The van der Waals surface area contributed by atoms with Gasteiger partial charge in [0.15, 0.2) is 11.6 Å². The first-order valence-corrected chi connectivity index (χ1v) is 22.5. The summed E-state index contributed by atoms with van der Waals surface area (Å²) in [6.45, 7) is 9.75. The summed E-state index contributed by atoms with van der Waals surface area (Å²) in [5, 5.41) is 1.53. The van der Waals surface area contributed by atoms with Crippen molar-refractivity contribution in [1.82, 2.24) is 14.8 Å². The summed E-state index contributed by atoms with van der Waals surface area (Å²) in [7, 11) is -3.41. The Bertz CT molecular complexity index is 2240. The molecule has 0 radical (unpaired) electrons. The predicted molar refractivity (Wildman–Crippen MR) is 229 cm³/mol. The van der Waals surface area contributed by atoms with Gasteiger partial charge in [-0.2, -0.15) is 0 Å². The predicted octanol–water partition coefficient (Wildman–Crippen LogP) is 10.1. The van der Waals surface area contributed by atoms with Gasteiger partial charge >= 0.3 is 6.09 Å². The number of aromatic amines is 1. The second kappa shape index (κ2) is 18.3. The third kappa shape index (κ3) is 9.97. The van der Waals surface area contributed by atoms with Crippen LogP contribution in [0.15, 0.2) is 91.0 Å². The normalized spacial score (nSPS) is 16.4. The van der Waals surface area contributed by atoms with E-state index in [9.17, 15) is 13.6 Å². The van der Waals surface area contributed by atoms with E-state index in [0.717, 1.165) is 22.5 Å². The Morgan fingerprint density at radius 2 is 1.52 bits per heavy atom. The van der Waals surface area contributed by atoms with Crippen LogP contribution >= 0.6 is 0 Å². The van der Waals surface area contributed by atoms with E-state index in [-0.39, 0.29) is 44.0 Å². The number of benzene rings is 4. The van der Waals surface area contributed by atoms with Crippen molar-refractivity contribution in [3.8, 4) is 5.75 Å². The first-order chi connectivity index (χ1) is 28.8. The van der Waals surface area contributed by atoms with E-state index in [4.69, 9.17) is 13.9 Å². The van der Waals surface area contributed by atoms with Crippen molar-refractivity contribution in [1.29, 1.82) is 0 Å². The van der Waals surface area contributed by atoms with Crippen LogP contribution in [0.2, 0.25) is 5.04 Å². The van der Waals surface area contributed by atoms with Crippen LogP contribution in [-0.4, -0.2) is 86.3 Å². The zero-order chi connectivity index (χ0) is 44.3. The van der Waals surface area contributed by atoms with Crippen LogP contribution in [0.5, 0.6) is 5.75 Å². The summed E-state index contributed by atoms with van der Waals surface area (Å²) in [6.07, 6.45) is -0.493. The fourth-order valence-corrected chi connectivity index (χ4v) is 13.0. The lowest BCUT2D eigenvalue weighted by Gasteiger charge is -2.45. The number of nitrogens with one attached hydrogen (secondary N) is 1. The molecule has 7 nitrogen and oxygen atoms in total. The number of aromatic nitrogens is 1. The third-order valence-corrected chi connectivity index (χ3v) is 16.1. The number of alkyl halides is 3. The third-order valence-electron chi connectivity index (χ3n) is 11.1. The van der Waals surface area contributed by atoms with E-state index in [1.54, 1.807) is 27.7 Å². The molecule has 1 N–H and O–H groups in total. The number of carbonyl (C=O) groups is 1. The lowest BCUT2D eigenvalue weighted by molar-refractivity contribution is -0.0825. The molecular formula is C47H55F6N3O4Si. The highest BCUT2D eigenvalue weighted by Crippen LogP contribution is 2.45. The standard InChI is InChI=1S/C47H55F6N3O4Si/c1-31-27-36-35-28-32(49)19-21-38(35)54-42(36)43(40-37(50)20-22-39(41(40)51)58-26-25-55(24-14-23-48)44(57)60-45(2,3)4)56(31)29-47(52,53)30-59-61(46(5,6)7,33-15-10-8-11-16-33)34-17-12-9-13-18-34/h8-13,15-22,28,31,43,54H,14,23-27,29-30H2,1-7H3/t31-,43-/m1/s1. The number of hydrogen-bond acceptors (Lipinski definition) is 5. The molecule has 5 aromatic rings. The Balaban J connectivity index is 1.37. The van der Waals surface area contributed by atoms with E-state index < -0.39 is 85.9 Å². The van der Waals surface area contributed by atoms with E-state index >= 15 is 17.6 Å². The lowest BCUT2D eigenvalue weighted by Crippen LogP contribution is -2.67. The maximum atomic E-state index is 17.0. The summed E-state index contributed by atoms with van der Waals surface area (Å²) in [5.74, 6) is -6.57. The molecule has 0 saturated carbocycles. The summed E-state index contributed by atoms with van der Waals surface area (Å²) in [4.78, 5) is 18.7. The summed E-state index contributed by atoms with van der Waals surface area (Å²) >= 11 is 0. The second-order valence-electron chi connectivity index (χ2n) is 17.8. The van der Waals surface area contributed by atoms with E-state index in [0.29, 0.717) is 16.5 Å². The van der Waals surface area contributed by atoms with Crippen LogP contribution in [0.3, 0.4) is 0 Å². The van der Waals surface area contributed by atoms with Gasteiger partial charge in [-0.25, -0.2) is 26.7 Å². The average Bonchev–Trinajstić information content (AvgIpc) is 3.54. The van der Waals surface area contributed by atoms with Gasteiger partial charge in [0, 0.05) is 29.2 Å². The Morgan fingerprint density at radius 3 is 2.11 bits per heavy atom. The molecule has 328 valence electrons. The average molecular weight is 868 g/mol. The van der Waals surface area contributed by atoms with Gasteiger partial charge in [0.05, 0.1) is 38.0 Å². The van der Waals surface area contributed by atoms with Crippen LogP contribution in [0.25, 0.3) is 10.9 Å². The molecule has 2 heterocycles. The van der Waals surface area contributed by atoms with Gasteiger partial charge in [-0.1, -0.05) is 81.4 Å². The molecule has 1 aliphatic rings. The Hall–Kier alpha value is -4.79. The molecule has 0 aliphatic carbocycles. The zero-order valence-electron chi connectivity index (χ0n) is 35.8. The Morgan fingerprint density at radius 1 is 0.885 bits per heavy atom. The van der Waals surface area contributed by atoms with E-state index in [2.05, 4.69) is 4.98 Å². The van der Waals surface area contributed by atoms with Gasteiger partial charge in [0.1, 0.15) is 23.8 Å². The fourth-order valence-electron chi connectivity index (χ4n) is 8.42. The van der Waals surface area contributed by atoms with Crippen molar-refractivity contribution < 1.29 is 45.0 Å². The molecule has 0 saturated heterocycles. The Kier molecular flexibility index (Phi) is 13.7. The summed E-state index contributed by atoms with van der Waals surface area (Å²) in [6, 6.07) is 22.8. The van der Waals surface area contributed by atoms with Crippen LogP contribution in [0, 0.1) is 17.5 Å². The molecule has 61 heavy (non-hydrogen) atoms. The van der Waals surface area contributed by atoms with Crippen molar-refractivity contribution in [2.75, 3.05) is 39.5 Å². The number of carbonyl (C=O) groups excluding carboxylic acids is 1. The van der Waals surface area contributed by atoms with Gasteiger partial charge < -0.3 is 23.8 Å². The minimum absolute atomic E-state index is 0.0125. The summed E-state index contributed by atoms with van der Waals surface area (Å²) < 4.78 is 113. The molecule has 6 rings (SSSR count). The second-order valence-corrected chi connectivity index (χ2v) is 22.1. The number of nitrogens with zero attached hydrogens (tertiary/aromatic N) is 2. The fraction of sp³-hybridized carbons (Fsp3) is 0.426. The topological polar surface area (TPSA) is 67.0 Å². The molecule has 0 fully saturated rings. The largest absolute Gasteiger partial charge is 0.489 e. The van der Waals surface area contributed by atoms with Crippen molar-refractivity contribution in [2.24, 2.45) is 0 Å². The molecule has 4 aromatic carbocycles. The molecule has 1 aliphatic heterocycles. The molecule has 0 spiro atoms. The van der Waals surface area contributed by atoms with Crippen molar-refractivity contribution in [2.45, 2.75) is 90.0 Å².